The summed E-state index contributed by atoms with van der Waals surface area (Å²) in [6.45, 7) is 14.9. The molecule has 1 aromatic carbocycles. The summed E-state index contributed by atoms with van der Waals surface area (Å²) in [7, 11) is 0. The van der Waals surface area contributed by atoms with Gasteiger partial charge in [-0.3, -0.25) is 6.08 Å². The van der Waals surface area contributed by atoms with Crippen molar-refractivity contribution in [2.24, 2.45) is 5.92 Å². The van der Waals surface area contributed by atoms with Crippen LogP contribution in [0.2, 0.25) is 5.02 Å². The molecule has 0 fully saturated rings. The minimum atomic E-state index is 0. The molecule has 1 nitrogen and oxygen atoms in total. The maximum absolute atomic E-state index is 9.27. The fourth-order valence-electron chi connectivity index (χ4n) is 2.17. The number of phenols is 1. The summed E-state index contributed by atoms with van der Waals surface area (Å²) < 4.78 is 0. The Bertz CT molecular complexity index is 581. The second-order valence-electron chi connectivity index (χ2n) is 6.75. The van der Waals surface area contributed by atoms with Crippen molar-refractivity contribution in [1.82, 2.24) is 0 Å². The summed E-state index contributed by atoms with van der Waals surface area (Å²) in [5.41, 5.74) is 5.32. The number of phenolic OH excluding ortho intramolecular Hbond substituents is 1. The Morgan fingerprint density at radius 2 is 1.56 bits per heavy atom. The van der Waals surface area contributed by atoms with Crippen LogP contribution in [-0.2, 0) is 25.4 Å². The van der Waals surface area contributed by atoms with Crippen LogP contribution in [-0.4, -0.2) is 9.92 Å². The van der Waals surface area contributed by atoms with E-state index in [1.54, 1.807) is 26.0 Å². The molecule has 0 spiro atoms. The van der Waals surface area contributed by atoms with E-state index in [-0.39, 0.29) is 36.0 Å². The van der Waals surface area contributed by atoms with Gasteiger partial charge < -0.3 is 29.9 Å². The second-order valence-corrected chi connectivity index (χ2v) is 7.18. The first-order chi connectivity index (χ1) is 10.5. The van der Waals surface area contributed by atoms with Gasteiger partial charge in [0, 0.05) is 5.02 Å². The van der Waals surface area contributed by atoms with E-state index < -0.39 is 0 Å². The molecule has 0 amide bonds. The van der Waals surface area contributed by atoms with Gasteiger partial charge in [-0.2, -0.15) is 11.1 Å². The molecular weight excluding hydrogens is 410 g/mol. The van der Waals surface area contributed by atoms with Crippen LogP contribution in [0, 0.1) is 12.0 Å². The first-order valence-corrected chi connectivity index (χ1v) is 9.14. The molecule has 0 bridgehead atoms. The predicted molar refractivity (Wildman–Crippen MR) is 98.9 cm³/mol. The molecule has 141 valence electrons. The van der Waals surface area contributed by atoms with Crippen LogP contribution in [0.3, 0.4) is 0 Å². The van der Waals surface area contributed by atoms with E-state index in [4.69, 9.17) is 11.6 Å². The summed E-state index contributed by atoms with van der Waals surface area (Å²) >= 11 is 7.55. The molecule has 0 saturated carbocycles. The number of benzene rings is 1. The quantitative estimate of drug-likeness (QED) is 0.448. The number of halogens is 3. The van der Waals surface area contributed by atoms with Crippen molar-refractivity contribution in [3.63, 3.8) is 0 Å². The average molecular weight is 439 g/mol. The number of aromatic hydroxyl groups is 1. The van der Waals surface area contributed by atoms with Gasteiger partial charge in [0.1, 0.15) is 5.75 Å². The topological polar surface area (TPSA) is 20.2 Å². The van der Waals surface area contributed by atoms with Crippen LogP contribution in [0.15, 0.2) is 34.9 Å². The van der Waals surface area contributed by atoms with E-state index in [1.165, 1.54) is 22.8 Å². The normalized spacial score (nSPS) is 15.6. The van der Waals surface area contributed by atoms with Gasteiger partial charge in [0.25, 0.3) is 0 Å². The molecule has 1 aliphatic rings. The Morgan fingerprint density at radius 3 is 1.80 bits per heavy atom. The van der Waals surface area contributed by atoms with E-state index in [9.17, 15) is 5.11 Å². The minimum absolute atomic E-state index is 0. The van der Waals surface area contributed by atoms with Crippen LogP contribution in [0.25, 0.3) is 0 Å². The van der Waals surface area contributed by atoms with Crippen molar-refractivity contribution in [1.29, 1.82) is 0 Å². The van der Waals surface area contributed by atoms with E-state index in [0.717, 1.165) is 5.56 Å². The zero-order valence-corrected chi connectivity index (χ0v) is 19.9. The van der Waals surface area contributed by atoms with Gasteiger partial charge in [-0.15, -0.1) is 6.92 Å². The maximum atomic E-state index is 9.27. The van der Waals surface area contributed by atoms with Gasteiger partial charge in [-0.05, 0) is 29.2 Å². The average Bonchev–Trinajstić information content (AvgIpc) is 2.66. The van der Waals surface area contributed by atoms with Crippen LogP contribution >= 0.6 is 11.6 Å². The van der Waals surface area contributed by atoms with Gasteiger partial charge in [0.15, 0.2) is 0 Å². The number of rotatable bonds is 0. The van der Waals surface area contributed by atoms with Crippen LogP contribution in [0.4, 0.5) is 0 Å². The van der Waals surface area contributed by atoms with Gasteiger partial charge >= 0.3 is 24.8 Å². The number of hydrogen-bond donors (Lipinski definition) is 1. The Hall–Kier alpha value is -0.0457. The molecule has 0 radical (unpaired) electrons. The smallest absolute Gasteiger partial charge is 1.00 e. The Labute approximate surface area is 182 Å². The molecule has 0 saturated heterocycles. The van der Waals surface area contributed by atoms with Gasteiger partial charge in [0.05, 0.1) is 0 Å². The van der Waals surface area contributed by atoms with Crippen molar-refractivity contribution in [2.75, 3.05) is 0 Å². The molecule has 5 heteroatoms. The third kappa shape index (κ3) is 10.0. The van der Waals surface area contributed by atoms with E-state index in [0.29, 0.717) is 10.9 Å². The van der Waals surface area contributed by atoms with Crippen LogP contribution < -0.4 is 24.8 Å². The van der Waals surface area contributed by atoms with Crippen molar-refractivity contribution in [2.45, 2.75) is 53.9 Å². The van der Waals surface area contributed by atoms with E-state index in [2.05, 4.69) is 59.4 Å². The molecule has 1 aromatic rings. The molecule has 0 aliphatic heterocycles. The minimum Gasteiger partial charge on any atom is -1.00 e. The first-order valence-electron chi connectivity index (χ1n) is 7.65. The largest absolute Gasteiger partial charge is 1.00 e. The fourth-order valence-corrected chi connectivity index (χ4v) is 2.40. The van der Waals surface area contributed by atoms with Crippen molar-refractivity contribution < 1.29 is 49.9 Å². The van der Waals surface area contributed by atoms with Crippen molar-refractivity contribution >= 4 is 16.4 Å². The molecule has 0 heterocycles. The molecule has 25 heavy (non-hydrogen) atoms. The zero-order valence-electron chi connectivity index (χ0n) is 16.1. The summed E-state index contributed by atoms with van der Waals surface area (Å²) in [4.78, 5) is 3.25. The molecule has 2 rings (SSSR count). The monoisotopic (exact) mass is 437 g/mol. The Morgan fingerprint density at radius 1 is 1.08 bits per heavy atom. The molecule has 0 aromatic heterocycles. The van der Waals surface area contributed by atoms with Gasteiger partial charge in [-0.25, -0.2) is 5.57 Å². The van der Waals surface area contributed by atoms with Crippen molar-refractivity contribution in [3.8, 4) is 5.75 Å². The summed E-state index contributed by atoms with van der Waals surface area (Å²) in [6.07, 6.45) is 3.36. The molecule has 1 unspecified atom stereocenters. The standard InChI is InChI=1S/C10H13ClO.C9H13.CH2.2ClH.Ti/c1-10(2,3)7-4-8(11)6-9(12)5-7;1-6-5-7(2)9(4)8(6)3;;;;/h4-6,12H,1-3H3;6H,1-4H3;1H2;2*1H;/q;-1;;;;+1/p-2. The number of allylic oxidation sites excluding steroid dienone is 4. The molecule has 1 aliphatic carbocycles. The van der Waals surface area contributed by atoms with E-state index in [1.807, 2.05) is 6.07 Å². The second kappa shape index (κ2) is 13.2. The van der Waals surface area contributed by atoms with E-state index >= 15 is 0 Å². The third-order valence-electron chi connectivity index (χ3n) is 3.99. The van der Waals surface area contributed by atoms with Crippen LogP contribution in [0.5, 0.6) is 5.75 Å². The summed E-state index contributed by atoms with van der Waals surface area (Å²) in [5.74, 6) is 0.789. The molecule has 1 atom stereocenters. The zero-order chi connectivity index (χ0) is 18.4. The molecular formula is C20H28Cl3OTi-2. The van der Waals surface area contributed by atoms with Crippen molar-refractivity contribution in [3.05, 3.63) is 51.6 Å². The number of hydrogen-bond acceptors (Lipinski definition) is 1. The predicted octanol–water partition coefficient (Wildman–Crippen LogP) is 0.0383. The Kier molecular flexibility index (Phi) is 15.7. The Balaban J connectivity index is -0.000000336. The summed E-state index contributed by atoms with van der Waals surface area (Å²) in [6, 6.07) is 5.16. The fraction of sp³-hybridized carbons (Fsp3) is 0.450. The third-order valence-corrected chi connectivity index (χ3v) is 4.20. The van der Waals surface area contributed by atoms with Crippen LogP contribution in [0.1, 0.15) is 54.0 Å². The summed E-state index contributed by atoms with van der Waals surface area (Å²) in [5, 5.41) is 9.86. The van der Waals surface area contributed by atoms with Gasteiger partial charge in [-0.1, -0.05) is 59.1 Å². The SMILES string of the molecule is CC(C)(C)c1cc(O)cc(Cl)c1.CC1=[C-]C(C)C(C)=C1C.[CH2]=[Ti+].[Cl-].[Cl-]. The first kappa shape index (κ1) is 29.7. The maximum Gasteiger partial charge on any atom is -1.00 e. The molecule has 1 N–H and O–H groups in total. The van der Waals surface area contributed by atoms with Gasteiger partial charge in [0.2, 0.25) is 0 Å².